The summed E-state index contributed by atoms with van der Waals surface area (Å²) in [6.45, 7) is 0. The van der Waals surface area contributed by atoms with Crippen LogP contribution in [-0.4, -0.2) is 0 Å². The van der Waals surface area contributed by atoms with Crippen LogP contribution in [-0.2, 0) is 12.3 Å². The lowest BCUT2D eigenvalue weighted by Crippen LogP contribution is -1.83. The van der Waals surface area contributed by atoms with Gasteiger partial charge in [-0.15, -0.1) is 18.5 Å². The first-order chi connectivity index (χ1) is 9.80. The molecule has 20 heavy (non-hydrogen) atoms. The molecule has 0 radical (unpaired) electrons. The van der Waals surface area contributed by atoms with Gasteiger partial charge in [-0.05, 0) is 51.4 Å². The second kappa shape index (κ2) is 6.04. The molecule has 0 saturated carbocycles. The number of rotatable bonds is 3. The predicted octanol–water partition coefficient (Wildman–Crippen LogP) is 5.26. The highest BCUT2D eigenvalue weighted by atomic mass is 31.0. The molecular weight excluding hydrogens is 278 g/mol. The molecule has 0 bridgehead atoms. The molecule has 3 aromatic carbocycles. The average molecular weight is 296 g/mol. The number of hydrogen-bond donors (Lipinski definition) is 0. The molecular formula is C18H18P2. The Kier molecular flexibility index (Phi) is 4.16. The molecule has 2 unspecified atom stereocenters. The Bertz CT molecular complexity index is 730. The third-order valence-electron chi connectivity index (χ3n) is 3.66. The van der Waals surface area contributed by atoms with Gasteiger partial charge in [0.2, 0.25) is 0 Å². The average Bonchev–Trinajstić information content (AvgIpc) is 2.54. The van der Waals surface area contributed by atoms with E-state index in [2.05, 4.69) is 79.1 Å². The Morgan fingerprint density at radius 3 is 1.80 bits per heavy atom. The summed E-state index contributed by atoms with van der Waals surface area (Å²) in [6, 6.07) is 22.2. The van der Waals surface area contributed by atoms with Crippen molar-refractivity contribution >= 4 is 29.3 Å². The molecule has 0 aromatic heterocycles. The molecule has 2 heteroatoms. The van der Waals surface area contributed by atoms with Crippen LogP contribution in [0.5, 0.6) is 0 Å². The van der Waals surface area contributed by atoms with Crippen molar-refractivity contribution in [1.82, 2.24) is 0 Å². The van der Waals surface area contributed by atoms with Crippen molar-refractivity contribution in [3.8, 4) is 11.1 Å². The maximum absolute atomic E-state index is 2.78. The second-order valence-corrected chi connectivity index (χ2v) is 5.82. The minimum Gasteiger partial charge on any atom is -0.133 e. The monoisotopic (exact) mass is 296 g/mol. The lowest BCUT2D eigenvalue weighted by atomic mass is 9.99. The standard InChI is InChI=1S/C18H18P2/c19-11-13-1-4-15(5-2-13)17-8-7-16-9-14(12-20)3-6-18(16)10-17/h1-10H,11-12,19-20H2. The number of fused-ring (bicyclic) bond motifs is 1. The molecule has 0 fully saturated rings. The van der Waals surface area contributed by atoms with E-state index in [0.29, 0.717) is 0 Å². The van der Waals surface area contributed by atoms with E-state index in [1.54, 1.807) is 0 Å². The normalized spacial score (nSPS) is 10.9. The van der Waals surface area contributed by atoms with Gasteiger partial charge >= 0.3 is 0 Å². The Morgan fingerprint density at radius 1 is 0.550 bits per heavy atom. The van der Waals surface area contributed by atoms with Gasteiger partial charge in [-0.25, -0.2) is 0 Å². The van der Waals surface area contributed by atoms with Gasteiger partial charge in [0.1, 0.15) is 0 Å². The zero-order valence-electron chi connectivity index (χ0n) is 11.3. The molecule has 0 saturated heterocycles. The minimum atomic E-state index is 1.01. The highest BCUT2D eigenvalue weighted by molar-refractivity contribution is 7.15. The third kappa shape index (κ3) is 2.78. The topological polar surface area (TPSA) is 0 Å². The third-order valence-corrected chi connectivity index (χ3v) is 4.61. The number of hydrogen-bond acceptors (Lipinski definition) is 0. The Hall–Kier alpha value is -1.22. The van der Waals surface area contributed by atoms with E-state index in [-0.39, 0.29) is 0 Å². The van der Waals surface area contributed by atoms with Crippen molar-refractivity contribution in [3.05, 3.63) is 71.8 Å². The van der Waals surface area contributed by atoms with Crippen molar-refractivity contribution in [1.29, 1.82) is 0 Å². The van der Waals surface area contributed by atoms with Crippen LogP contribution < -0.4 is 0 Å². The van der Waals surface area contributed by atoms with E-state index in [0.717, 1.165) is 12.3 Å². The highest BCUT2D eigenvalue weighted by Crippen LogP contribution is 2.26. The fraction of sp³-hybridized carbons (Fsp3) is 0.111. The Labute approximate surface area is 125 Å². The quantitative estimate of drug-likeness (QED) is 0.578. The maximum Gasteiger partial charge on any atom is -0.0128 e. The molecule has 0 heterocycles. The lowest BCUT2D eigenvalue weighted by Gasteiger charge is -2.06. The first kappa shape index (κ1) is 13.7. The van der Waals surface area contributed by atoms with Gasteiger partial charge in [0.15, 0.2) is 0 Å². The van der Waals surface area contributed by atoms with Gasteiger partial charge in [0.25, 0.3) is 0 Å². The molecule has 3 aromatic rings. The van der Waals surface area contributed by atoms with Crippen LogP contribution in [0, 0.1) is 0 Å². The van der Waals surface area contributed by atoms with Crippen LogP contribution in [0.2, 0.25) is 0 Å². The van der Waals surface area contributed by atoms with Crippen LogP contribution in [0.4, 0.5) is 0 Å². The molecule has 3 rings (SSSR count). The summed E-state index contributed by atoms with van der Waals surface area (Å²) in [5.41, 5.74) is 5.28. The zero-order chi connectivity index (χ0) is 13.9. The molecule has 0 aliphatic heterocycles. The van der Waals surface area contributed by atoms with E-state index in [1.807, 2.05) is 0 Å². The van der Waals surface area contributed by atoms with Gasteiger partial charge in [0.05, 0.1) is 0 Å². The first-order valence-electron chi connectivity index (χ1n) is 6.82. The van der Waals surface area contributed by atoms with Crippen LogP contribution in [0.3, 0.4) is 0 Å². The largest absolute Gasteiger partial charge is 0.133 e. The Balaban J connectivity index is 2.03. The van der Waals surface area contributed by atoms with E-state index in [4.69, 9.17) is 0 Å². The molecule has 0 N–H and O–H groups in total. The molecule has 0 amide bonds. The van der Waals surface area contributed by atoms with Crippen molar-refractivity contribution in [2.45, 2.75) is 12.3 Å². The van der Waals surface area contributed by atoms with E-state index >= 15 is 0 Å². The molecule has 0 aliphatic carbocycles. The lowest BCUT2D eigenvalue weighted by molar-refractivity contribution is 1.42. The Morgan fingerprint density at radius 2 is 1.10 bits per heavy atom. The highest BCUT2D eigenvalue weighted by Gasteiger charge is 2.01. The van der Waals surface area contributed by atoms with Crippen molar-refractivity contribution < 1.29 is 0 Å². The van der Waals surface area contributed by atoms with Gasteiger partial charge < -0.3 is 0 Å². The van der Waals surface area contributed by atoms with Gasteiger partial charge in [0, 0.05) is 0 Å². The molecule has 0 spiro atoms. The summed E-state index contributed by atoms with van der Waals surface area (Å²) in [4.78, 5) is 0. The van der Waals surface area contributed by atoms with Crippen LogP contribution in [0.15, 0.2) is 60.7 Å². The summed E-state index contributed by atoms with van der Waals surface area (Å²) in [5.74, 6) is 0. The predicted molar refractivity (Wildman–Crippen MR) is 96.2 cm³/mol. The summed E-state index contributed by atoms with van der Waals surface area (Å²) in [5, 5.41) is 2.62. The molecule has 0 nitrogen and oxygen atoms in total. The van der Waals surface area contributed by atoms with Crippen molar-refractivity contribution in [2.24, 2.45) is 0 Å². The van der Waals surface area contributed by atoms with Gasteiger partial charge in [-0.2, -0.15) is 0 Å². The van der Waals surface area contributed by atoms with Crippen LogP contribution >= 0.6 is 18.5 Å². The summed E-state index contributed by atoms with van der Waals surface area (Å²) in [7, 11) is 5.54. The fourth-order valence-electron chi connectivity index (χ4n) is 2.44. The zero-order valence-corrected chi connectivity index (χ0v) is 13.7. The molecule has 0 aliphatic rings. The van der Waals surface area contributed by atoms with Crippen molar-refractivity contribution in [2.75, 3.05) is 0 Å². The molecule has 2 atom stereocenters. The van der Waals surface area contributed by atoms with E-state index in [1.165, 1.54) is 33.0 Å². The fourth-order valence-corrected chi connectivity index (χ4v) is 2.96. The van der Waals surface area contributed by atoms with E-state index < -0.39 is 0 Å². The smallest absolute Gasteiger partial charge is 0.0128 e. The molecule has 100 valence electrons. The maximum atomic E-state index is 2.78. The van der Waals surface area contributed by atoms with Gasteiger partial charge in [-0.1, -0.05) is 54.6 Å². The van der Waals surface area contributed by atoms with Crippen LogP contribution in [0.25, 0.3) is 21.9 Å². The minimum absolute atomic E-state index is 1.01. The van der Waals surface area contributed by atoms with Crippen molar-refractivity contribution in [3.63, 3.8) is 0 Å². The number of benzene rings is 3. The van der Waals surface area contributed by atoms with Gasteiger partial charge in [-0.3, -0.25) is 0 Å². The summed E-state index contributed by atoms with van der Waals surface area (Å²) in [6.07, 6.45) is 2.02. The SMILES string of the molecule is PCc1ccc(-c2ccc3cc(CP)ccc3c2)cc1. The summed E-state index contributed by atoms with van der Waals surface area (Å²) < 4.78 is 0. The second-order valence-electron chi connectivity index (χ2n) is 5.00. The van der Waals surface area contributed by atoms with Crippen LogP contribution in [0.1, 0.15) is 11.1 Å². The first-order valence-corrected chi connectivity index (χ1v) is 8.45. The summed E-state index contributed by atoms with van der Waals surface area (Å²) >= 11 is 0. The van der Waals surface area contributed by atoms with E-state index in [9.17, 15) is 0 Å².